The fraction of sp³-hybridized carbons (Fsp3) is 0.462. The number of fused-ring (bicyclic) bond motifs is 2. The Morgan fingerprint density at radius 2 is 1.84 bits per heavy atom. The van der Waals surface area contributed by atoms with Crippen LogP contribution in [0.2, 0.25) is 0 Å². The van der Waals surface area contributed by atoms with Crippen LogP contribution in [0.1, 0.15) is 46.2 Å². The average Bonchev–Trinajstić information content (AvgIpc) is 3.08. The number of hydrogen-bond donors (Lipinski definition) is 1. The van der Waals surface area contributed by atoms with Crippen molar-refractivity contribution in [1.29, 1.82) is 0 Å². The minimum absolute atomic E-state index is 0.0485. The lowest BCUT2D eigenvalue weighted by Gasteiger charge is -2.31. The molecule has 1 saturated heterocycles. The predicted octanol–water partition coefficient (Wildman–Crippen LogP) is 3.67. The summed E-state index contributed by atoms with van der Waals surface area (Å²) in [6, 6.07) is 10.7. The van der Waals surface area contributed by atoms with Crippen molar-refractivity contribution in [1.82, 2.24) is 19.8 Å². The van der Waals surface area contributed by atoms with Crippen LogP contribution < -0.4 is 10.2 Å². The van der Waals surface area contributed by atoms with E-state index in [1.54, 1.807) is 0 Å². The van der Waals surface area contributed by atoms with Crippen LogP contribution in [0.25, 0.3) is 10.9 Å². The van der Waals surface area contributed by atoms with E-state index >= 15 is 0 Å². The summed E-state index contributed by atoms with van der Waals surface area (Å²) < 4.78 is 2.41. The fourth-order valence-corrected chi connectivity index (χ4v) is 5.18. The minimum Gasteiger partial charge on any atom is -0.350 e. The van der Waals surface area contributed by atoms with Gasteiger partial charge in [-0.15, -0.1) is 0 Å². The molecule has 0 atom stereocenters. The standard InChI is InChI=1S/C26H33N5O/c1-4-12-31-19(3)18(2)22-16-23(26(32)29-14-10-27-11-15-29)28-25(24(22)31)30-13-9-20-7-5-6-8-21(20)17-30/h5-8,16,27H,4,9-15,17H2,1-3H3. The summed E-state index contributed by atoms with van der Waals surface area (Å²) >= 11 is 0. The zero-order valence-corrected chi connectivity index (χ0v) is 19.4. The summed E-state index contributed by atoms with van der Waals surface area (Å²) in [6.45, 7) is 12.5. The molecule has 1 N–H and O–H groups in total. The van der Waals surface area contributed by atoms with Gasteiger partial charge < -0.3 is 19.7 Å². The van der Waals surface area contributed by atoms with E-state index in [-0.39, 0.29) is 5.91 Å². The monoisotopic (exact) mass is 431 g/mol. The molecule has 6 nitrogen and oxygen atoms in total. The van der Waals surface area contributed by atoms with E-state index in [1.165, 1.54) is 33.3 Å². The van der Waals surface area contributed by atoms with Crippen LogP contribution in [0, 0.1) is 13.8 Å². The molecule has 6 heteroatoms. The number of aromatic nitrogens is 2. The topological polar surface area (TPSA) is 53.4 Å². The Bertz CT molecular complexity index is 1160. The van der Waals surface area contributed by atoms with Crippen molar-refractivity contribution in [3.05, 3.63) is 58.4 Å². The number of benzene rings is 1. The molecule has 2 aromatic heterocycles. The van der Waals surface area contributed by atoms with Crippen LogP contribution >= 0.6 is 0 Å². The van der Waals surface area contributed by atoms with Crippen LogP contribution in [0.4, 0.5) is 5.82 Å². The zero-order valence-electron chi connectivity index (χ0n) is 19.4. The predicted molar refractivity (Wildman–Crippen MR) is 129 cm³/mol. The lowest BCUT2D eigenvalue weighted by molar-refractivity contribution is 0.0730. The molecule has 0 bridgehead atoms. The molecule has 1 amide bonds. The number of anilines is 1. The van der Waals surface area contributed by atoms with Crippen LogP contribution in [0.3, 0.4) is 0 Å². The van der Waals surface area contributed by atoms with Crippen LogP contribution in [-0.2, 0) is 19.5 Å². The van der Waals surface area contributed by atoms with Crippen molar-refractivity contribution in [2.45, 2.75) is 46.7 Å². The highest BCUT2D eigenvalue weighted by Gasteiger charge is 2.27. The van der Waals surface area contributed by atoms with Crippen molar-refractivity contribution in [2.24, 2.45) is 0 Å². The molecular formula is C26H33N5O. The molecule has 0 unspecified atom stereocenters. The van der Waals surface area contributed by atoms with Gasteiger partial charge >= 0.3 is 0 Å². The first-order valence-electron chi connectivity index (χ1n) is 11.9. The van der Waals surface area contributed by atoms with E-state index in [9.17, 15) is 4.79 Å². The van der Waals surface area contributed by atoms with Crippen molar-refractivity contribution in [3.8, 4) is 0 Å². The van der Waals surface area contributed by atoms with Gasteiger partial charge in [0.15, 0.2) is 5.82 Å². The molecule has 4 heterocycles. The number of piperazine rings is 1. The molecule has 0 saturated carbocycles. The third-order valence-corrected chi connectivity index (χ3v) is 7.10. The smallest absolute Gasteiger partial charge is 0.272 e. The van der Waals surface area contributed by atoms with E-state index in [1.807, 2.05) is 11.0 Å². The van der Waals surface area contributed by atoms with E-state index in [2.05, 4.69) is 59.8 Å². The molecule has 1 aromatic carbocycles. The number of carbonyl (C=O) groups excluding carboxylic acids is 1. The van der Waals surface area contributed by atoms with E-state index in [4.69, 9.17) is 4.98 Å². The van der Waals surface area contributed by atoms with Crippen molar-refractivity contribution < 1.29 is 4.79 Å². The first-order valence-corrected chi connectivity index (χ1v) is 11.9. The fourth-order valence-electron chi connectivity index (χ4n) is 5.18. The number of nitrogens with zero attached hydrogens (tertiary/aromatic N) is 4. The van der Waals surface area contributed by atoms with E-state index in [0.29, 0.717) is 5.69 Å². The van der Waals surface area contributed by atoms with Gasteiger partial charge in [0, 0.05) is 56.9 Å². The normalized spacial score (nSPS) is 16.5. The number of aryl methyl sites for hydroxylation is 2. The van der Waals surface area contributed by atoms with E-state index in [0.717, 1.165) is 64.5 Å². The molecule has 0 aliphatic carbocycles. The average molecular weight is 432 g/mol. The summed E-state index contributed by atoms with van der Waals surface area (Å²) in [6.07, 6.45) is 2.07. The molecule has 3 aromatic rings. The van der Waals surface area contributed by atoms with Crippen LogP contribution in [0.15, 0.2) is 30.3 Å². The lowest BCUT2D eigenvalue weighted by atomic mass is 10.00. The summed E-state index contributed by atoms with van der Waals surface area (Å²) in [5, 5.41) is 4.50. The zero-order chi connectivity index (χ0) is 22.2. The molecular weight excluding hydrogens is 398 g/mol. The molecule has 2 aliphatic rings. The molecule has 1 fully saturated rings. The number of hydrogen-bond acceptors (Lipinski definition) is 4. The Morgan fingerprint density at radius 1 is 1.09 bits per heavy atom. The largest absolute Gasteiger partial charge is 0.350 e. The molecule has 0 spiro atoms. The Labute approximate surface area is 190 Å². The number of amides is 1. The highest BCUT2D eigenvalue weighted by molar-refractivity contribution is 6.01. The Hall–Kier alpha value is -2.86. The first-order chi connectivity index (χ1) is 15.6. The second kappa shape index (κ2) is 8.58. The van der Waals surface area contributed by atoms with Crippen LogP contribution in [-0.4, -0.2) is 53.1 Å². The second-order valence-electron chi connectivity index (χ2n) is 9.07. The summed E-state index contributed by atoms with van der Waals surface area (Å²) in [4.78, 5) is 22.8. The van der Waals surface area contributed by atoms with Gasteiger partial charge in [-0.25, -0.2) is 4.98 Å². The van der Waals surface area contributed by atoms with Crippen LogP contribution in [0.5, 0.6) is 0 Å². The highest BCUT2D eigenvalue weighted by Crippen LogP contribution is 2.35. The van der Waals surface area contributed by atoms with Gasteiger partial charge in [0.2, 0.25) is 0 Å². The Balaban J connectivity index is 1.65. The Morgan fingerprint density at radius 3 is 2.59 bits per heavy atom. The molecule has 5 rings (SSSR count). The maximum Gasteiger partial charge on any atom is 0.272 e. The molecule has 32 heavy (non-hydrogen) atoms. The summed E-state index contributed by atoms with van der Waals surface area (Å²) in [5.74, 6) is 1.01. The van der Waals surface area contributed by atoms with Gasteiger partial charge in [0.1, 0.15) is 5.69 Å². The SMILES string of the molecule is CCCn1c(C)c(C)c2cc(C(=O)N3CCNCC3)nc(N3CCc4ccccc4C3)c21. The third-order valence-electron chi connectivity index (χ3n) is 7.10. The lowest BCUT2D eigenvalue weighted by Crippen LogP contribution is -2.46. The van der Waals surface area contributed by atoms with Crippen molar-refractivity contribution >= 4 is 22.6 Å². The molecule has 0 radical (unpaired) electrons. The number of nitrogens with one attached hydrogen (secondary N) is 1. The van der Waals surface area contributed by atoms with Gasteiger partial charge in [-0.1, -0.05) is 31.2 Å². The summed E-state index contributed by atoms with van der Waals surface area (Å²) in [7, 11) is 0. The third kappa shape index (κ3) is 3.56. The van der Waals surface area contributed by atoms with Crippen molar-refractivity contribution in [3.63, 3.8) is 0 Å². The minimum atomic E-state index is 0.0485. The maximum atomic E-state index is 13.4. The quantitative estimate of drug-likeness (QED) is 0.685. The van der Waals surface area contributed by atoms with Gasteiger partial charge in [0.25, 0.3) is 5.91 Å². The summed E-state index contributed by atoms with van der Waals surface area (Å²) in [5.41, 5.74) is 7.06. The number of rotatable bonds is 4. The number of pyridine rings is 1. The maximum absolute atomic E-state index is 13.4. The molecule has 168 valence electrons. The first kappa shape index (κ1) is 21.0. The van der Waals surface area contributed by atoms with Gasteiger partial charge in [-0.05, 0) is 49.4 Å². The van der Waals surface area contributed by atoms with Gasteiger partial charge in [-0.2, -0.15) is 0 Å². The molecule has 2 aliphatic heterocycles. The Kier molecular flexibility index (Phi) is 5.64. The van der Waals surface area contributed by atoms with Gasteiger partial charge in [0.05, 0.1) is 5.52 Å². The number of carbonyl (C=O) groups is 1. The highest BCUT2D eigenvalue weighted by atomic mass is 16.2. The van der Waals surface area contributed by atoms with Crippen molar-refractivity contribution in [2.75, 3.05) is 37.6 Å². The second-order valence-corrected chi connectivity index (χ2v) is 9.07. The van der Waals surface area contributed by atoms with E-state index < -0.39 is 0 Å². The van der Waals surface area contributed by atoms with Gasteiger partial charge in [-0.3, -0.25) is 4.79 Å².